The summed E-state index contributed by atoms with van der Waals surface area (Å²) >= 11 is 0. The monoisotopic (exact) mass is 543 g/mol. The summed E-state index contributed by atoms with van der Waals surface area (Å²) < 4.78 is 38.4. The van der Waals surface area contributed by atoms with Crippen LogP contribution in [0.5, 0.6) is 0 Å². The average Bonchev–Trinajstić information content (AvgIpc) is 3.65. The molecule has 1 atom stereocenters. The number of pyridine rings is 1. The standard InChI is InChI=1S/C27H33N3O7S/c1-16-7-9-18(10-8-16)22-21(24(31)28-3)20-15-19(17-11-12-17)23(29-25(20)37-22)30(38(5,34)35)14-6-13-27(2,36-4)26(32)33/h7-10,15,17H,6,11-14H2,1-5H3,(H,28,31)(H,32,33). The van der Waals surface area contributed by atoms with E-state index in [1.807, 2.05) is 37.3 Å². The van der Waals surface area contributed by atoms with Gasteiger partial charge in [0.25, 0.3) is 5.91 Å². The number of aryl methyl sites for hydroxylation is 1. The van der Waals surface area contributed by atoms with E-state index in [2.05, 4.69) is 10.3 Å². The first-order valence-electron chi connectivity index (χ1n) is 12.4. The van der Waals surface area contributed by atoms with Gasteiger partial charge in [-0.15, -0.1) is 0 Å². The van der Waals surface area contributed by atoms with Gasteiger partial charge in [-0.05, 0) is 57.1 Å². The lowest BCUT2D eigenvalue weighted by atomic mass is 10.00. The largest absolute Gasteiger partial charge is 0.479 e. The number of ether oxygens (including phenoxy) is 1. The molecule has 0 bridgehead atoms. The molecule has 2 heterocycles. The Kier molecular flexibility index (Phi) is 7.53. The Hall–Kier alpha value is -3.44. The van der Waals surface area contributed by atoms with Crippen molar-refractivity contribution in [3.8, 4) is 11.3 Å². The fourth-order valence-electron chi connectivity index (χ4n) is 4.47. The smallest absolute Gasteiger partial charge is 0.335 e. The summed E-state index contributed by atoms with van der Waals surface area (Å²) in [5, 5.41) is 12.7. The van der Waals surface area contributed by atoms with Crippen LogP contribution in [0.3, 0.4) is 0 Å². The number of nitrogens with zero attached hydrogens (tertiary/aromatic N) is 2. The number of anilines is 1. The predicted molar refractivity (Wildman–Crippen MR) is 144 cm³/mol. The SMILES string of the molecule is CNC(=O)c1c(-c2ccc(C)cc2)oc2nc(N(CCCC(C)(OC)C(=O)O)S(C)(=O)=O)c(C3CC3)cc12. The van der Waals surface area contributed by atoms with E-state index in [9.17, 15) is 23.1 Å². The van der Waals surface area contributed by atoms with Gasteiger partial charge in [0, 0.05) is 26.3 Å². The van der Waals surface area contributed by atoms with Crippen LogP contribution < -0.4 is 9.62 Å². The van der Waals surface area contributed by atoms with Gasteiger partial charge in [0.05, 0.1) is 17.2 Å². The number of benzene rings is 1. The van der Waals surface area contributed by atoms with Crippen molar-refractivity contribution in [2.75, 3.05) is 31.3 Å². The number of carbonyl (C=O) groups excluding carboxylic acids is 1. The van der Waals surface area contributed by atoms with Crippen LogP contribution in [0.1, 0.15) is 60.0 Å². The van der Waals surface area contributed by atoms with E-state index in [0.29, 0.717) is 22.3 Å². The van der Waals surface area contributed by atoms with E-state index in [4.69, 9.17) is 9.15 Å². The van der Waals surface area contributed by atoms with Gasteiger partial charge < -0.3 is 19.6 Å². The number of rotatable bonds is 11. The van der Waals surface area contributed by atoms with Crippen molar-refractivity contribution in [3.05, 3.63) is 47.0 Å². The van der Waals surface area contributed by atoms with Crippen molar-refractivity contribution in [1.82, 2.24) is 10.3 Å². The quantitative estimate of drug-likeness (QED) is 0.369. The molecule has 38 heavy (non-hydrogen) atoms. The molecule has 0 saturated heterocycles. The fraction of sp³-hybridized carbons (Fsp3) is 0.444. The molecule has 0 radical (unpaired) electrons. The summed E-state index contributed by atoms with van der Waals surface area (Å²) in [6.07, 6.45) is 3.17. The molecule has 1 fully saturated rings. The van der Waals surface area contributed by atoms with E-state index >= 15 is 0 Å². The van der Waals surface area contributed by atoms with Crippen molar-refractivity contribution in [2.24, 2.45) is 0 Å². The third-order valence-corrected chi connectivity index (χ3v) is 8.19. The molecule has 2 aromatic heterocycles. The predicted octanol–water partition coefficient (Wildman–Crippen LogP) is 4.08. The summed E-state index contributed by atoms with van der Waals surface area (Å²) in [7, 11) is -0.922. The third kappa shape index (κ3) is 5.39. The second-order valence-electron chi connectivity index (χ2n) is 9.96. The number of sulfonamides is 1. The van der Waals surface area contributed by atoms with Crippen LogP contribution in [0, 0.1) is 6.92 Å². The van der Waals surface area contributed by atoms with Gasteiger partial charge in [0.15, 0.2) is 5.60 Å². The minimum atomic E-state index is -3.78. The van der Waals surface area contributed by atoms with Crippen molar-refractivity contribution in [2.45, 2.75) is 51.0 Å². The average molecular weight is 544 g/mol. The van der Waals surface area contributed by atoms with Gasteiger partial charge in [0.2, 0.25) is 15.7 Å². The molecule has 10 nitrogen and oxygen atoms in total. The number of amides is 1. The van der Waals surface area contributed by atoms with E-state index in [-0.39, 0.29) is 42.7 Å². The fourth-order valence-corrected chi connectivity index (χ4v) is 5.39. The highest BCUT2D eigenvalue weighted by atomic mass is 32.2. The zero-order valence-corrected chi connectivity index (χ0v) is 23.0. The molecule has 1 saturated carbocycles. The van der Waals surface area contributed by atoms with E-state index in [1.165, 1.54) is 18.3 Å². The number of carboxylic acids is 1. The number of carboxylic acid groups (broad SMARTS) is 1. The minimum Gasteiger partial charge on any atom is -0.479 e. The number of fused-ring (bicyclic) bond motifs is 1. The molecular weight excluding hydrogens is 510 g/mol. The van der Waals surface area contributed by atoms with Crippen LogP contribution >= 0.6 is 0 Å². The number of aromatic nitrogens is 1. The molecule has 1 amide bonds. The van der Waals surface area contributed by atoms with Crippen molar-refractivity contribution < 1.29 is 32.3 Å². The maximum Gasteiger partial charge on any atom is 0.335 e. The van der Waals surface area contributed by atoms with Crippen LogP contribution in [-0.4, -0.2) is 62.9 Å². The first kappa shape index (κ1) is 27.6. The maximum absolute atomic E-state index is 13.0. The van der Waals surface area contributed by atoms with Crippen molar-refractivity contribution in [3.63, 3.8) is 0 Å². The number of hydrogen-bond donors (Lipinski definition) is 2. The summed E-state index contributed by atoms with van der Waals surface area (Å²) in [6, 6.07) is 9.37. The third-order valence-electron chi connectivity index (χ3n) is 7.03. The second kappa shape index (κ2) is 10.4. The highest BCUT2D eigenvalue weighted by Crippen LogP contribution is 2.46. The lowest BCUT2D eigenvalue weighted by Crippen LogP contribution is -2.39. The number of carbonyl (C=O) groups is 2. The van der Waals surface area contributed by atoms with Gasteiger partial charge in [-0.2, -0.15) is 4.98 Å². The maximum atomic E-state index is 13.0. The molecule has 0 spiro atoms. The Morgan fingerprint density at radius 2 is 1.92 bits per heavy atom. The van der Waals surface area contributed by atoms with E-state index < -0.39 is 21.6 Å². The van der Waals surface area contributed by atoms with Gasteiger partial charge >= 0.3 is 5.97 Å². The summed E-state index contributed by atoms with van der Waals surface area (Å²) in [4.78, 5) is 29.3. The van der Waals surface area contributed by atoms with Gasteiger partial charge in [-0.25, -0.2) is 13.2 Å². The van der Waals surface area contributed by atoms with Crippen LogP contribution in [0.15, 0.2) is 34.7 Å². The zero-order chi connectivity index (χ0) is 27.8. The van der Waals surface area contributed by atoms with Gasteiger partial charge in [0.1, 0.15) is 11.6 Å². The molecule has 204 valence electrons. The molecule has 2 N–H and O–H groups in total. The first-order valence-corrected chi connectivity index (χ1v) is 14.3. The number of nitrogens with one attached hydrogen (secondary N) is 1. The Labute approximate surface area is 222 Å². The van der Waals surface area contributed by atoms with Gasteiger partial charge in [-0.3, -0.25) is 9.10 Å². The van der Waals surface area contributed by atoms with Crippen molar-refractivity contribution >= 4 is 38.8 Å². The van der Waals surface area contributed by atoms with Crippen LogP contribution in [-0.2, 0) is 19.6 Å². The number of aliphatic carboxylic acids is 1. The summed E-state index contributed by atoms with van der Waals surface area (Å²) in [5.41, 5.74) is 1.53. The molecule has 11 heteroatoms. The molecule has 1 aliphatic rings. The molecule has 1 aromatic carbocycles. The number of furan rings is 1. The van der Waals surface area contributed by atoms with E-state index in [1.54, 1.807) is 7.05 Å². The molecule has 4 rings (SSSR count). The highest BCUT2D eigenvalue weighted by molar-refractivity contribution is 7.92. The second-order valence-corrected chi connectivity index (χ2v) is 11.9. The summed E-state index contributed by atoms with van der Waals surface area (Å²) in [5.74, 6) is -0.753. The van der Waals surface area contributed by atoms with Crippen LogP contribution in [0.4, 0.5) is 5.82 Å². The molecule has 0 aliphatic heterocycles. The Morgan fingerprint density at radius 1 is 1.26 bits per heavy atom. The first-order chi connectivity index (χ1) is 17.9. The van der Waals surface area contributed by atoms with Crippen LogP contribution in [0.2, 0.25) is 0 Å². The molecule has 1 unspecified atom stereocenters. The Balaban J connectivity index is 1.84. The Bertz CT molecular complexity index is 1480. The summed E-state index contributed by atoms with van der Waals surface area (Å²) in [6.45, 7) is 3.43. The minimum absolute atomic E-state index is 0.0110. The zero-order valence-electron chi connectivity index (χ0n) is 22.2. The lowest BCUT2D eigenvalue weighted by Gasteiger charge is -2.27. The molecule has 3 aromatic rings. The molecule has 1 aliphatic carbocycles. The van der Waals surface area contributed by atoms with Crippen LogP contribution in [0.25, 0.3) is 22.4 Å². The van der Waals surface area contributed by atoms with Gasteiger partial charge in [-0.1, -0.05) is 29.8 Å². The number of methoxy groups -OCH3 is 1. The topological polar surface area (TPSA) is 139 Å². The highest BCUT2D eigenvalue weighted by Gasteiger charge is 2.36. The van der Waals surface area contributed by atoms with E-state index in [0.717, 1.165) is 30.2 Å². The van der Waals surface area contributed by atoms with Crippen molar-refractivity contribution in [1.29, 1.82) is 0 Å². The molecular formula is C27H33N3O7S. The number of hydrogen-bond acceptors (Lipinski definition) is 7. The lowest BCUT2D eigenvalue weighted by molar-refractivity contribution is -0.160. The normalized spacial score (nSPS) is 15.3. The Morgan fingerprint density at radius 3 is 2.45 bits per heavy atom.